The van der Waals surface area contributed by atoms with Crippen LogP contribution in [0.5, 0.6) is 0 Å². The van der Waals surface area contributed by atoms with Gasteiger partial charge in [-0.3, -0.25) is 0 Å². The summed E-state index contributed by atoms with van der Waals surface area (Å²) in [5, 5.41) is 9.08. The van der Waals surface area contributed by atoms with Crippen molar-refractivity contribution in [2.75, 3.05) is 0 Å². The third-order valence-corrected chi connectivity index (χ3v) is 3.61. The smallest absolute Gasteiger partial charge is 0.143 e. The lowest BCUT2D eigenvalue weighted by Gasteiger charge is -1.99. The molecule has 0 bridgehead atoms. The van der Waals surface area contributed by atoms with Crippen molar-refractivity contribution < 1.29 is 0 Å². The zero-order chi connectivity index (χ0) is 10.7. The van der Waals surface area contributed by atoms with Gasteiger partial charge in [-0.15, -0.1) is 10.2 Å². The lowest BCUT2D eigenvalue weighted by Crippen LogP contribution is -1.90. The fourth-order valence-electron chi connectivity index (χ4n) is 1.34. The number of rotatable bonds is 3. The first-order valence-corrected chi connectivity index (χ1v) is 6.38. The molecule has 0 saturated carbocycles. The second kappa shape index (κ2) is 4.86. The summed E-state index contributed by atoms with van der Waals surface area (Å²) < 4.78 is 0.862. The highest BCUT2D eigenvalue weighted by Crippen LogP contribution is 2.17. The molecule has 1 aromatic carbocycles. The molecular formula is C11H11BrN2S. The second-order valence-electron chi connectivity index (χ2n) is 3.43. The minimum absolute atomic E-state index is 0.862. The lowest BCUT2D eigenvalue weighted by molar-refractivity contribution is 0.900. The molecule has 0 aliphatic rings. The third-order valence-electron chi connectivity index (χ3n) is 2.19. The van der Waals surface area contributed by atoms with Crippen molar-refractivity contribution in [3.63, 3.8) is 0 Å². The summed E-state index contributed by atoms with van der Waals surface area (Å²) in [6, 6.07) is 8.63. The topological polar surface area (TPSA) is 25.8 Å². The molecule has 0 aliphatic carbocycles. The zero-order valence-electron chi connectivity index (χ0n) is 8.40. The number of hydrogen-bond donors (Lipinski definition) is 0. The number of nitrogens with zero attached hydrogens (tertiary/aromatic N) is 2. The fraction of sp³-hybridized carbons (Fsp3) is 0.273. The van der Waals surface area contributed by atoms with Crippen LogP contribution in [0.1, 0.15) is 16.1 Å². The van der Waals surface area contributed by atoms with Gasteiger partial charge in [0.15, 0.2) is 3.92 Å². The van der Waals surface area contributed by atoms with E-state index in [2.05, 4.69) is 57.3 Å². The Morgan fingerprint density at radius 3 is 2.47 bits per heavy atom. The first-order valence-electron chi connectivity index (χ1n) is 4.77. The number of aryl methyl sites for hydroxylation is 3. The van der Waals surface area contributed by atoms with Crippen LogP contribution in [0, 0.1) is 6.92 Å². The average molecular weight is 283 g/mol. The average Bonchev–Trinajstić information content (AvgIpc) is 2.64. The highest BCUT2D eigenvalue weighted by molar-refractivity contribution is 9.11. The van der Waals surface area contributed by atoms with Gasteiger partial charge in [-0.1, -0.05) is 41.2 Å². The van der Waals surface area contributed by atoms with E-state index in [0.717, 1.165) is 21.8 Å². The van der Waals surface area contributed by atoms with Crippen LogP contribution in [0.25, 0.3) is 0 Å². The van der Waals surface area contributed by atoms with Crippen molar-refractivity contribution in [3.8, 4) is 0 Å². The fourth-order valence-corrected chi connectivity index (χ4v) is 2.54. The van der Waals surface area contributed by atoms with Crippen molar-refractivity contribution in [3.05, 3.63) is 44.3 Å². The quantitative estimate of drug-likeness (QED) is 0.862. The Hall–Kier alpha value is -0.740. The molecule has 0 aliphatic heterocycles. The molecular weight excluding hydrogens is 272 g/mol. The van der Waals surface area contributed by atoms with Crippen LogP contribution in [0.15, 0.2) is 28.2 Å². The summed E-state index contributed by atoms with van der Waals surface area (Å²) in [5.74, 6) is 0. The molecule has 2 aromatic rings. The lowest BCUT2D eigenvalue weighted by atomic mass is 10.1. The highest BCUT2D eigenvalue weighted by Gasteiger charge is 2.01. The van der Waals surface area contributed by atoms with E-state index in [1.54, 1.807) is 11.3 Å². The molecule has 0 fully saturated rings. The number of hydrogen-bond acceptors (Lipinski definition) is 3. The Labute approximate surface area is 101 Å². The van der Waals surface area contributed by atoms with Crippen LogP contribution in [-0.2, 0) is 12.8 Å². The predicted molar refractivity (Wildman–Crippen MR) is 66.2 cm³/mol. The minimum Gasteiger partial charge on any atom is -0.143 e. The maximum atomic E-state index is 4.07. The molecule has 78 valence electrons. The standard InChI is InChI=1S/C11H11BrN2S/c1-8-2-4-9(5-3-8)6-7-10-13-14-11(12)15-10/h2-5H,6-7H2,1H3. The summed E-state index contributed by atoms with van der Waals surface area (Å²) in [6.07, 6.45) is 1.99. The molecule has 0 radical (unpaired) electrons. The van der Waals surface area contributed by atoms with Crippen LogP contribution in [-0.4, -0.2) is 10.2 Å². The third kappa shape index (κ3) is 3.11. The second-order valence-corrected chi connectivity index (χ2v) is 5.77. The van der Waals surface area contributed by atoms with Crippen molar-refractivity contribution in [1.29, 1.82) is 0 Å². The van der Waals surface area contributed by atoms with E-state index in [1.807, 2.05) is 0 Å². The van der Waals surface area contributed by atoms with Gasteiger partial charge in [0.25, 0.3) is 0 Å². The minimum atomic E-state index is 0.862. The van der Waals surface area contributed by atoms with Gasteiger partial charge < -0.3 is 0 Å². The summed E-state index contributed by atoms with van der Waals surface area (Å²) in [7, 11) is 0. The van der Waals surface area contributed by atoms with E-state index in [1.165, 1.54) is 11.1 Å². The van der Waals surface area contributed by atoms with Crippen LogP contribution in [0.2, 0.25) is 0 Å². The van der Waals surface area contributed by atoms with E-state index in [-0.39, 0.29) is 0 Å². The highest BCUT2D eigenvalue weighted by atomic mass is 79.9. The van der Waals surface area contributed by atoms with Crippen molar-refractivity contribution in [2.45, 2.75) is 19.8 Å². The predicted octanol–water partition coefficient (Wildman–Crippen LogP) is 3.39. The number of halogens is 1. The van der Waals surface area contributed by atoms with Gasteiger partial charge in [-0.05, 0) is 34.8 Å². The molecule has 15 heavy (non-hydrogen) atoms. The van der Waals surface area contributed by atoms with Gasteiger partial charge in [0.2, 0.25) is 0 Å². The van der Waals surface area contributed by atoms with E-state index in [4.69, 9.17) is 0 Å². The van der Waals surface area contributed by atoms with Crippen LogP contribution >= 0.6 is 27.3 Å². The summed E-state index contributed by atoms with van der Waals surface area (Å²) in [6.45, 7) is 2.10. The molecule has 0 N–H and O–H groups in total. The molecule has 0 unspecified atom stereocenters. The summed E-state index contributed by atoms with van der Waals surface area (Å²) in [4.78, 5) is 0. The van der Waals surface area contributed by atoms with E-state index in [0.29, 0.717) is 0 Å². The summed E-state index contributed by atoms with van der Waals surface area (Å²) in [5.41, 5.74) is 2.66. The zero-order valence-corrected chi connectivity index (χ0v) is 10.8. The monoisotopic (exact) mass is 282 g/mol. The van der Waals surface area contributed by atoms with Gasteiger partial charge in [-0.2, -0.15) is 0 Å². The maximum absolute atomic E-state index is 4.07. The molecule has 2 nitrogen and oxygen atoms in total. The SMILES string of the molecule is Cc1ccc(CCc2nnc(Br)s2)cc1. The molecule has 4 heteroatoms. The first-order chi connectivity index (χ1) is 7.24. The Kier molecular flexibility index (Phi) is 3.49. The van der Waals surface area contributed by atoms with Gasteiger partial charge in [0.05, 0.1) is 0 Å². The van der Waals surface area contributed by atoms with Gasteiger partial charge in [-0.25, -0.2) is 0 Å². The van der Waals surface area contributed by atoms with E-state index in [9.17, 15) is 0 Å². The van der Waals surface area contributed by atoms with Crippen LogP contribution in [0.3, 0.4) is 0 Å². The van der Waals surface area contributed by atoms with Crippen molar-refractivity contribution in [1.82, 2.24) is 10.2 Å². The molecule has 2 rings (SSSR count). The molecule has 0 spiro atoms. The molecule has 0 saturated heterocycles. The Morgan fingerprint density at radius 2 is 1.87 bits per heavy atom. The molecule has 1 aromatic heterocycles. The van der Waals surface area contributed by atoms with Crippen molar-refractivity contribution >= 4 is 27.3 Å². The Bertz CT molecular complexity index is 436. The van der Waals surface area contributed by atoms with Gasteiger partial charge >= 0.3 is 0 Å². The van der Waals surface area contributed by atoms with Crippen LogP contribution < -0.4 is 0 Å². The Balaban J connectivity index is 1.96. The molecule has 0 amide bonds. The largest absolute Gasteiger partial charge is 0.183 e. The van der Waals surface area contributed by atoms with Crippen LogP contribution in [0.4, 0.5) is 0 Å². The van der Waals surface area contributed by atoms with E-state index < -0.39 is 0 Å². The van der Waals surface area contributed by atoms with Gasteiger partial charge in [0.1, 0.15) is 5.01 Å². The number of benzene rings is 1. The number of aromatic nitrogens is 2. The van der Waals surface area contributed by atoms with E-state index >= 15 is 0 Å². The molecule has 1 heterocycles. The molecule has 0 atom stereocenters. The Morgan fingerprint density at radius 1 is 1.13 bits per heavy atom. The maximum Gasteiger partial charge on any atom is 0.183 e. The van der Waals surface area contributed by atoms with Gasteiger partial charge in [0, 0.05) is 6.42 Å². The van der Waals surface area contributed by atoms with Crippen molar-refractivity contribution in [2.24, 2.45) is 0 Å². The normalized spacial score (nSPS) is 10.5. The summed E-state index contributed by atoms with van der Waals surface area (Å²) >= 11 is 4.92. The first kappa shape index (κ1) is 10.8.